The van der Waals surface area contributed by atoms with Gasteiger partial charge in [-0.05, 0) is 33.6 Å². The summed E-state index contributed by atoms with van der Waals surface area (Å²) in [6.07, 6.45) is 2.29. The van der Waals surface area contributed by atoms with E-state index < -0.39 is 5.60 Å². The topological polar surface area (TPSA) is 32.3 Å². The minimum Gasteiger partial charge on any atom is -0.389 e. The highest BCUT2D eigenvalue weighted by atomic mass is 16.3. The van der Waals surface area contributed by atoms with Crippen molar-refractivity contribution in [1.82, 2.24) is 5.32 Å². The molecule has 0 spiro atoms. The predicted octanol–water partition coefficient (Wildman–Crippen LogP) is 0.898. The van der Waals surface area contributed by atoms with Crippen molar-refractivity contribution in [2.24, 2.45) is 0 Å². The summed E-state index contributed by atoms with van der Waals surface area (Å²) in [7, 11) is 0. The Morgan fingerprint density at radius 2 is 2.00 bits per heavy atom. The zero-order chi connectivity index (χ0) is 7.78. The summed E-state index contributed by atoms with van der Waals surface area (Å²) < 4.78 is 0. The van der Waals surface area contributed by atoms with Crippen LogP contribution in [0.3, 0.4) is 0 Å². The summed E-state index contributed by atoms with van der Waals surface area (Å²) in [6, 6.07) is 0.874. The lowest BCUT2D eigenvalue weighted by atomic mass is 9.98. The number of aliphatic hydroxyl groups is 1. The van der Waals surface area contributed by atoms with Gasteiger partial charge < -0.3 is 10.4 Å². The fraction of sp³-hybridized carbons (Fsp3) is 1.00. The molecule has 2 heteroatoms. The maximum absolute atomic E-state index is 9.57. The molecule has 0 aromatic rings. The SMILES string of the molecule is C[C@H]1CC[C@H](C(C)(C)O)N1. The fourth-order valence-corrected chi connectivity index (χ4v) is 1.48. The van der Waals surface area contributed by atoms with Crippen LogP contribution in [0, 0.1) is 0 Å². The first-order valence-electron chi connectivity index (χ1n) is 3.98. The van der Waals surface area contributed by atoms with E-state index in [0.29, 0.717) is 12.1 Å². The molecule has 60 valence electrons. The average molecular weight is 143 g/mol. The van der Waals surface area contributed by atoms with Gasteiger partial charge in [-0.1, -0.05) is 0 Å². The molecule has 2 N–H and O–H groups in total. The second kappa shape index (κ2) is 2.51. The summed E-state index contributed by atoms with van der Waals surface area (Å²) in [5, 5.41) is 12.9. The molecule has 0 unspecified atom stereocenters. The summed E-state index contributed by atoms with van der Waals surface area (Å²) in [5.74, 6) is 0. The van der Waals surface area contributed by atoms with E-state index in [0.717, 1.165) is 6.42 Å². The molecule has 2 nitrogen and oxygen atoms in total. The Balaban J connectivity index is 2.45. The van der Waals surface area contributed by atoms with Crippen molar-refractivity contribution in [2.45, 2.75) is 51.3 Å². The summed E-state index contributed by atoms with van der Waals surface area (Å²) >= 11 is 0. The highest BCUT2D eigenvalue weighted by Crippen LogP contribution is 2.21. The molecular weight excluding hydrogens is 126 g/mol. The molecule has 1 aliphatic heterocycles. The maximum atomic E-state index is 9.57. The molecule has 1 fully saturated rings. The van der Waals surface area contributed by atoms with E-state index >= 15 is 0 Å². The third kappa shape index (κ3) is 1.70. The second-order valence-electron chi connectivity index (χ2n) is 3.85. The van der Waals surface area contributed by atoms with Crippen LogP contribution in [0.4, 0.5) is 0 Å². The van der Waals surface area contributed by atoms with Crippen molar-refractivity contribution in [3.05, 3.63) is 0 Å². The van der Waals surface area contributed by atoms with Crippen LogP contribution in [-0.2, 0) is 0 Å². The summed E-state index contributed by atoms with van der Waals surface area (Å²) in [5.41, 5.74) is -0.551. The van der Waals surface area contributed by atoms with E-state index in [1.54, 1.807) is 0 Å². The van der Waals surface area contributed by atoms with Crippen molar-refractivity contribution in [1.29, 1.82) is 0 Å². The standard InChI is InChI=1S/C8H17NO/c1-6-4-5-7(9-6)8(2,3)10/h6-7,9-10H,4-5H2,1-3H3/t6-,7+/m0/s1. The van der Waals surface area contributed by atoms with Gasteiger partial charge in [0.2, 0.25) is 0 Å². The molecule has 1 aliphatic rings. The molecule has 0 radical (unpaired) electrons. The Bertz CT molecular complexity index is 117. The predicted molar refractivity (Wildman–Crippen MR) is 41.9 cm³/mol. The smallest absolute Gasteiger partial charge is 0.0744 e. The Morgan fingerprint density at radius 3 is 2.20 bits per heavy atom. The van der Waals surface area contributed by atoms with Gasteiger partial charge in [-0.2, -0.15) is 0 Å². The van der Waals surface area contributed by atoms with E-state index in [-0.39, 0.29) is 0 Å². The van der Waals surface area contributed by atoms with Gasteiger partial charge in [-0.25, -0.2) is 0 Å². The van der Waals surface area contributed by atoms with Crippen molar-refractivity contribution < 1.29 is 5.11 Å². The quantitative estimate of drug-likeness (QED) is 0.571. The van der Waals surface area contributed by atoms with Crippen molar-refractivity contribution in [3.8, 4) is 0 Å². The van der Waals surface area contributed by atoms with E-state index in [1.165, 1.54) is 6.42 Å². The maximum Gasteiger partial charge on any atom is 0.0744 e. The lowest BCUT2D eigenvalue weighted by molar-refractivity contribution is 0.0435. The molecule has 1 rings (SSSR count). The van der Waals surface area contributed by atoms with Crippen molar-refractivity contribution in [3.63, 3.8) is 0 Å². The third-order valence-electron chi connectivity index (χ3n) is 2.23. The first-order chi connectivity index (χ1) is 4.50. The number of hydrogen-bond acceptors (Lipinski definition) is 2. The number of nitrogens with one attached hydrogen (secondary N) is 1. The zero-order valence-electron chi connectivity index (χ0n) is 7.02. The first-order valence-corrected chi connectivity index (χ1v) is 3.98. The zero-order valence-corrected chi connectivity index (χ0v) is 7.02. The van der Waals surface area contributed by atoms with E-state index in [1.807, 2.05) is 13.8 Å². The first kappa shape index (κ1) is 8.02. The van der Waals surface area contributed by atoms with Gasteiger partial charge in [0.1, 0.15) is 0 Å². The van der Waals surface area contributed by atoms with Gasteiger partial charge in [-0.15, -0.1) is 0 Å². The molecule has 10 heavy (non-hydrogen) atoms. The van der Waals surface area contributed by atoms with Crippen LogP contribution in [0.25, 0.3) is 0 Å². The van der Waals surface area contributed by atoms with Crippen LogP contribution in [0.1, 0.15) is 33.6 Å². The minimum atomic E-state index is -0.551. The van der Waals surface area contributed by atoms with Gasteiger partial charge >= 0.3 is 0 Å². The molecule has 0 bridgehead atoms. The van der Waals surface area contributed by atoms with Crippen molar-refractivity contribution in [2.75, 3.05) is 0 Å². The molecule has 0 aromatic heterocycles. The highest BCUT2D eigenvalue weighted by Gasteiger charge is 2.31. The number of hydrogen-bond donors (Lipinski definition) is 2. The van der Waals surface area contributed by atoms with Crippen LogP contribution in [0.2, 0.25) is 0 Å². The van der Waals surface area contributed by atoms with Crippen LogP contribution in [0.15, 0.2) is 0 Å². The average Bonchev–Trinajstić information content (AvgIpc) is 2.11. The molecule has 2 atom stereocenters. The monoisotopic (exact) mass is 143 g/mol. The van der Waals surface area contributed by atoms with E-state index in [9.17, 15) is 5.11 Å². The van der Waals surface area contributed by atoms with Gasteiger partial charge in [-0.3, -0.25) is 0 Å². The largest absolute Gasteiger partial charge is 0.389 e. The Kier molecular flexibility index (Phi) is 2.02. The van der Waals surface area contributed by atoms with Gasteiger partial charge in [0.05, 0.1) is 5.60 Å². The fourth-order valence-electron chi connectivity index (χ4n) is 1.48. The normalized spacial score (nSPS) is 34.8. The van der Waals surface area contributed by atoms with Crippen molar-refractivity contribution >= 4 is 0 Å². The molecule has 0 aromatic carbocycles. The van der Waals surface area contributed by atoms with Crippen LogP contribution in [-0.4, -0.2) is 22.8 Å². The lowest BCUT2D eigenvalue weighted by Crippen LogP contribution is -2.44. The molecule has 1 saturated heterocycles. The summed E-state index contributed by atoms with van der Waals surface area (Å²) in [4.78, 5) is 0. The Hall–Kier alpha value is -0.0800. The van der Waals surface area contributed by atoms with Crippen LogP contribution in [0.5, 0.6) is 0 Å². The second-order valence-corrected chi connectivity index (χ2v) is 3.85. The number of rotatable bonds is 1. The van der Waals surface area contributed by atoms with E-state index in [4.69, 9.17) is 0 Å². The van der Waals surface area contributed by atoms with Crippen LogP contribution >= 0.6 is 0 Å². The van der Waals surface area contributed by atoms with E-state index in [2.05, 4.69) is 12.2 Å². The van der Waals surface area contributed by atoms with Gasteiger partial charge in [0.25, 0.3) is 0 Å². The van der Waals surface area contributed by atoms with Crippen LogP contribution < -0.4 is 5.32 Å². The van der Waals surface area contributed by atoms with Gasteiger partial charge in [0.15, 0.2) is 0 Å². The molecular formula is C8H17NO. The molecule has 0 saturated carbocycles. The Morgan fingerprint density at radius 1 is 1.40 bits per heavy atom. The molecule has 0 amide bonds. The Labute approximate surface area is 62.6 Å². The highest BCUT2D eigenvalue weighted by molar-refractivity contribution is 4.91. The molecule has 1 heterocycles. The lowest BCUT2D eigenvalue weighted by Gasteiger charge is -2.25. The summed E-state index contributed by atoms with van der Waals surface area (Å²) in [6.45, 7) is 5.89. The van der Waals surface area contributed by atoms with Gasteiger partial charge in [0, 0.05) is 12.1 Å². The minimum absolute atomic E-state index is 0.294. The third-order valence-corrected chi connectivity index (χ3v) is 2.23. The molecule has 0 aliphatic carbocycles.